The highest BCUT2D eigenvalue weighted by atomic mass is 16.5. The van der Waals surface area contributed by atoms with Crippen molar-refractivity contribution in [3.63, 3.8) is 0 Å². The maximum Gasteiger partial charge on any atom is 0.260 e. The molecule has 8 rings (SSSR count). The Hall–Kier alpha value is -5.18. The van der Waals surface area contributed by atoms with Crippen molar-refractivity contribution in [1.29, 1.82) is 0 Å². The monoisotopic (exact) mass is 601 g/mol. The molecule has 0 bridgehead atoms. The van der Waals surface area contributed by atoms with Gasteiger partial charge in [-0.2, -0.15) is 5.01 Å². The molecule has 9 nitrogen and oxygen atoms in total. The number of carbonyl (C=O) groups is 4. The Morgan fingerprint density at radius 1 is 0.956 bits per heavy atom. The van der Waals surface area contributed by atoms with E-state index in [4.69, 9.17) is 4.74 Å². The van der Waals surface area contributed by atoms with E-state index in [9.17, 15) is 19.5 Å². The minimum Gasteiger partial charge on any atom is -0.508 e. The number of allylic oxidation sites excluding steroid dienone is 3. The first-order chi connectivity index (χ1) is 21.8. The van der Waals surface area contributed by atoms with Crippen LogP contribution in [0.3, 0.4) is 0 Å². The zero-order valence-corrected chi connectivity index (χ0v) is 24.5. The van der Waals surface area contributed by atoms with E-state index in [1.165, 1.54) is 0 Å². The van der Waals surface area contributed by atoms with Crippen LogP contribution in [0.1, 0.15) is 29.5 Å². The number of phenols is 1. The third-order valence-corrected chi connectivity index (χ3v) is 10.4. The van der Waals surface area contributed by atoms with Gasteiger partial charge in [-0.3, -0.25) is 29.9 Å². The van der Waals surface area contributed by atoms with Crippen molar-refractivity contribution in [2.24, 2.45) is 29.6 Å². The Morgan fingerprint density at radius 3 is 2.51 bits per heavy atom. The number of aromatic hydroxyl groups is 1. The van der Waals surface area contributed by atoms with Crippen molar-refractivity contribution >= 4 is 29.3 Å². The number of fused-ring (bicyclic) bond motifs is 5. The van der Waals surface area contributed by atoms with Crippen molar-refractivity contribution in [1.82, 2.24) is 10.3 Å². The largest absolute Gasteiger partial charge is 0.508 e. The molecule has 4 amide bonds. The van der Waals surface area contributed by atoms with Gasteiger partial charge in [0.05, 0.1) is 35.1 Å². The van der Waals surface area contributed by atoms with Crippen LogP contribution in [0.2, 0.25) is 0 Å². The van der Waals surface area contributed by atoms with E-state index in [0.29, 0.717) is 29.8 Å². The lowest BCUT2D eigenvalue weighted by atomic mass is 9.48. The van der Waals surface area contributed by atoms with Gasteiger partial charge in [0.1, 0.15) is 11.5 Å². The van der Waals surface area contributed by atoms with E-state index in [0.717, 1.165) is 27.3 Å². The van der Waals surface area contributed by atoms with Gasteiger partial charge in [-0.1, -0.05) is 59.7 Å². The number of benzene rings is 3. The van der Waals surface area contributed by atoms with Crippen LogP contribution < -0.4 is 15.5 Å². The van der Waals surface area contributed by atoms with Crippen molar-refractivity contribution in [3.05, 3.63) is 113 Å². The van der Waals surface area contributed by atoms with Gasteiger partial charge >= 0.3 is 0 Å². The number of carbonyl (C=O) groups excluding carboxylic acids is 4. The van der Waals surface area contributed by atoms with Crippen LogP contribution in [0.5, 0.6) is 11.5 Å². The normalized spacial score (nSPS) is 29.9. The molecule has 3 aliphatic heterocycles. The van der Waals surface area contributed by atoms with Gasteiger partial charge in [-0.25, -0.2) is 0 Å². The maximum atomic E-state index is 15.1. The predicted octanol–water partition coefficient (Wildman–Crippen LogP) is 4.32. The summed E-state index contributed by atoms with van der Waals surface area (Å²) in [6.45, 7) is 1.96. The van der Waals surface area contributed by atoms with Gasteiger partial charge in [0, 0.05) is 17.9 Å². The Balaban J connectivity index is 1.33. The molecule has 3 heterocycles. The molecular formula is C36H31N3O6. The quantitative estimate of drug-likeness (QED) is 0.301. The maximum absolute atomic E-state index is 15.1. The minimum absolute atomic E-state index is 0.0947. The van der Waals surface area contributed by atoms with E-state index in [1.54, 1.807) is 24.5 Å². The molecule has 6 atom stereocenters. The average Bonchev–Trinajstić information content (AvgIpc) is 3.46. The summed E-state index contributed by atoms with van der Waals surface area (Å²) in [5, 5.41) is 14.0. The second-order valence-electron chi connectivity index (χ2n) is 12.7. The fraction of sp³-hybridized carbons (Fsp3) is 0.278. The van der Waals surface area contributed by atoms with Crippen LogP contribution in [-0.4, -0.2) is 33.7 Å². The third-order valence-electron chi connectivity index (χ3n) is 10.4. The summed E-state index contributed by atoms with van der Waals surface area (Å²) in [5.41, 5.74) is 6.48. The van der Waals surface area contributed by atoms with Crippen LogP contribution in [-0.2, 0) is 31.0 Å². The third kappa shape index (κ3) is 3.92. The Labute approximate surface area is 259 Å². The molecule has 1 saturated carbocycles. The summed E-state index contributed by atoms with van der Waals surface area (Å²) >= 11 is 0. The minimum atomic E-state index is -1.35. The van der Waals surface area contributed by atoms with E-state index in [2.05, 4.69) is 10.7 Å². The highest BCUT2D eigenvalue weighted by Gasteiger charge is 2.70. The fourth-order valence-electron chi connectivity index (χ4n) is 8.47. The molecule has 2 aliphatic carbocycles. The van der Waals surface area contributed by atoms with Gasteiger partial charge < -0.3 is 9.84 Å². The lowest BCUT2D eigenvalue weighted by Crippen LogP contribution is -2.55. The average molecular weight is 602 g/mol. The predicted molar refractivity (Wildman–Crippen MR) is 163 cm³/mol. The fourth-order valence-corrected chi connectivity index (χ4v) is 8.47. The SMILES string of the molecule is Cc1ccc(NN2C(=O)C3CC4C(=CCC5C(=O)NC(=O)C54)C(C4=COc5ccc(O)cc5C4)C3(c3ccccc3)C2=O)cc1. The van der Waals surface area contributed by atoms with Gasteiger partial charge in [0.25, 0.3) is 11.8 Å². The first-order valence-corrected chi connectivity index (χ1v) is 15.3. The van der Waals surface area contributed by atoms with Crippen molar-refractivity contribution in [3.8, 4) is 11.5 Å². The number of nitrogens with zero attached hydrogens (tertiary/aromatic N) is 1. The molecule has 0 aromatic heterocycles. The zero-order chi connectivity index (χ0) is 31.0. The Bertz CT molecular complexity index is 1850. The molecule has 6 unspecified atom stereocenters. The number of hydrogen-bond acceptors (Lipinski definition) is 7. The lowest BCUT2D eigenvalue weighted by Gasteiger charge is -2.51. The van der Waals surface area contributed by atoms with E-state index in [1.807, 2.05) is 67.6 Å². The highest BCUT2D eigenvalue weighted by molar-refractivity contribution is 6.13. The molecule has 0 radical (unpaired) electrons. The number of aryl methyl sites for hydroxylation is 1. The van der Waals surface area contributed by atoms with E-state index < -0.39 is 35.0 Å². The van der Waals surface area contributed by atoms with Crippen molar-refractivity contribution in [2.75, 3.05) is 5.43 Å². The number of hydrogen-bond donors (Lipinski definition) is 3. The highest BCUT2D eigenvalue weighted by Crippen LogP contribution is 2.62. The molecular weight excluding hydrogens is 570 g/mol. The summed E-state index contributed by atoms with van der Waals surface area (Å²) in [7, 11) is 0. The first kappa shape index (κ1) is 27.4. The summed E-state index contributed by atoms with van der Waals surface area (Å²) in [6.07, 6.45) is 4.64. The Kier molecular flexibility index (Phi) is 6.03. The summed E-state index contributed by atoms with van der Waals surface area (Å²) in [6, 6.07) is 21.8. The molecule has 0 spiro atoms. The van der Waals surface area contributed by atoms with Crippen LogP contribution in [0.25, 0.3) is 0 Å². The number of ether oxygens (including phenoxy) is 1. The number of phenolic OH excluding ortho intramolecular Hbond substituents is 1. The molecule has 3 aromatic rings. The van der Waals surface area contributed by atoms with E-state index >= 15 is 4.79 Å². The molecule has 9 heteroatoms. The second-order valence-corrected chi connectivity index (χ2v) is 12.7. The van der Waals surface area contributed by atoms with Crippen molar-refractivity contribution < 1.29 is 29.0 Å². The number of nitrogens with one attached hydrogen (secondary N) is 2. The smallest absolute Gasteiger partial charge is 0.260 e. The Morgan fingerprint density at radius 2 is 1.73 bits per heavy atom. The van der Waals surface area contributed by atoms with Gasteiger partial charge in [-0.05, 0) is 67.2 Å². The number of hydrazine groups is 1. The molecule has 226 valence electrons. The number of amides is 4. The van der Waals surface area contributed by atoms with Crippen molar-refractivity contribution in [2.45, 2.75) is 31.6 Å². The molecule has 5 aliphatic rings. The number of anilines is 1. The first-order valence-electron chi connectivity index (χ1n) is 15.3. The van der Waals surface area contributed by atoms with Gasteiger partial charge in [-0.15, -0.1) is 0 Å². The second kappa shape index (κ2) is 9.92. The number of imide groups is 2. The van der Waals surface area contributed by atoms with Crippen LogP contribution in [0.4, 0.5) is 5.69 Å². The van der Waals surface area contributed by atoms with Gasteiger partial charge in [0.15, 0.2) is 0 Å². The van der Waals surface area contributed by atoms with E-state index in [-0.39, 0.29) is 35.8 Å². The summed E-state index contributed by atoms with van der Waals surface area (Å²) in [4.78, 5) is 55.7. The topological polar surface area (TPSA) is 125 Å². The summed E-state index contributed by atoms with van der Waals surface area (Å²) in [5.74, 6) is -3.74. The molecule has 2 saturated heterocycles. The molecule has 3 fully saturated rings. The zero-order valence-electron chi connectivity index (χ0n) is 24.5. The van der Waals surface area contributed by atoms with Crippen LogP contribution in [0.15, 0.2) is 96.3 Å². The number of rotatable bonds is 4. The van der Waals surface area contributed by atoms with Crippen LogP contribution in [0, 0.1) is 36.5 Å². The molecule has 3 N–H and O–H groups in total. The molecule has 3 aromatic carbocycles. The standard InChI is InChI=1S/C36H31N3O6/c1-19-7-9-23(10-8-19)38-39-34(43)28-17-27-25(12-13-26-30(27)33(42)37-32(26)41)31(36(28,35(39)44)22-5-3-2-4-6-22)21-15-20-16-24(40)11-14-29(20)45-18-21/h2-12,14,16,18,26-28,30-31,38,40H,13,15,17H2,1H3,(H,37,41,42). The lowest BCUT2D eigenvalue weighted by molar-refractivity contribution is -0.139. The summed E-state index contributed by atoms with van der Waals surface area (Å²) < 4.78 is 6.11. The molecule has 45 heavy (non-hydrogen) atoms. The van der Waals surface area contributed by atoms with Gasteiger partial charge in [0.2, 0.25) is 11.8 Å². The van der Waals surface area contributed by atoms with Crippen LogP contribution >= 0.6 is 0 Å².